The van der Waals surface area contributed by atoms with Gasteiger partial charge in [0.15, 0.2) is 23.0 Å². The molecule has 0 aliphatic carbocycles. The van der Waals surface area contributed by atoms with E-state index >= 15 is 0 Å². The first-order chi connectivity index (χ1) is 12.2. The number of hydrogen-bond donors (Lipinski definition) is 0. The second-order valence-electron chi connectivity index (χ2n) is 5.30. The minimum Gasteiger partial charge on any atom is -0.493 e. The second kappa shape index (κ2) is 7.29. The number of ether oxygens (including phenoxy) is 4. The van der Waals surface area contributed by atoms with Crippen LogP contribution in [0.3, 0.4) is 0 Å². The first kappa shape index (κ1) is 16.9. The van der Waals surface area contributed by atoms with Gasteiger partial charge in [0.1, 0.15) is 18.9 Å². The van der Waals surface area contributed by atoms with E-state index in [-0.39, 0.29) is 5.91 Å². The van der Waals surface area contributed by atoms with Crippen LogP contribution >= 0.6 is 0 Å². The van der Waals surface area contributed by atoms with Gasteiger partial charge in [0.05, 0.1) is 20.4 Å². The zero-order chi connectivity index (χ0) is 17.8. The first-order valence-corrected chi connectivity index (χ1v) is 7.97. The fraction of sp³-hybridized carbons (Fsp3) is 0.333. The van der Waals surface area contributed by atoms with Crippen molar-refractivity contribution in [1.29, 1.82) is 0 Å². The molecule has 0 N–H and O–H groups in total. The minimum atomic E-state index is -0.230. The van der Waals surface area contributed by atoms with Gasteiger partial charge in [0.2, 0.25) is 0 Å². The monoisotopic (exact) mass is 344 g/mol. The molecular weight excluding hydrogens is 324 g/mol. The summed E-state index contributed by atoms with van der Waals surface area (Å²) < 4.78 is 21.5. The highest BCUT2D eigenvalue weighted by atomic mass is 16.6. The maximum absolute atomic E-state index is 12.9. The number of nitrogens with zero attached hydrogens (tertiary/aromatic N) is 2. The lowest BCUT2D eigenvalue weighted by Gasteiger charge is -2.23. The molecule has 1 aliphatic rings. The van der Waals surface area contributed by atoms with Gasteiger partial charge >= 0.3 is 0 Å². The third-order valence-corrected chi connectivity index (χ3v) is 3.89. The van der Waals surface area contributed by atoms with E-state index in [0.29, 0.717) is 54.1 Å². The number of aromatic nitrogens is 1. The summed E-state index contributed by atoms with van der Waals surface area (Å²) in [5.74, 6) is 2.02. The van der Waals surface area contributed by atoms with E-state index in [1.807, 2.05) is 6.92 Å². The van der Waals surface area contributed by atoms with E-state index in [1.54, 1.807) is 43.4 Å². The van der Waals surface area contributed by atoms with E-state index in [4.69, 9.17) is 18.9 Å². The number of rotatable bonds is 5. The van der Waals surface area contributed by atoms with Crippen LogP contribution in [0.5, 0.6) is 23.0 Å². The Kier molecular flexibility index (Phi) is 4.92. The number of anilines is 1. The highest BCUT2D eigenvalue weighted by Gasteiger charge is 2.22. The van der Waals surface area contributed by atoms with Crippen molar-refractivity contribution in [2.75, 3.05) is 38.9 Å². The Morgan fingerprint density at radius 1 is 1.12 bits per heavy atom. The summed E-state index contributed by atoms with van der Waals surface area (Å²) in [6, 6.07) is 6.95. The molecular formula is C18H20N2O5. The number of carbonyl (C=O) groups is 1. The minimum absolute atomic E-state index is 0.230. The summed E-state index contributed by atoms with van der Waals surface area (Å²) in [6.07, 6.45) is 1.52. The molecule has 0 bridgehead atoms. The normalized spacial score (nSPS) is 12.4. The lowest BCUT2D eigenvalue weighted by molar-refractivity contribution is 0.0981. The van der Waals surface area contributed by atoms with Gasteiger partial charge in [-0.15, -0.1) is 0 Å². The summed E-state index contributed by atoms with van der Waals surface area (Å²) in [5.41, 5.74) is 0.989. The van der Waals surface area contributed by atoms with Crippen LogP contribution in [0.1, 0.15) is 17.4 Å². The van der Waals surface area contributed by atoms with Gasteiger partial charge in [0.25, 0.3) is 5.91 Å². The summed E-state index contributed by atoms with van der Waals surface area (Å²) in [6.45, 7) is 3.31. The summed E-state index contributed by atoms with van der Waals surface area (Å²) in [7, 11) is 3.13. The Morgan fingerprint density at radius 3 is 2.52 bits per heavy atom. The lowest BCUT2D eigenvalue weighted by atomic mass is 10.2. The average Bonchev–Trinajstić information content (AvgIpc) is 2.67. The van der Waals surface area contributed by atoms with Gasteiger partial charge in [-0.3, -0.25) is 4.79 Å². The molecule has 0 unspecified atom stereocenters. The molecule has 1 amide bonds. The van der Waals surface area contributed by atoms with Gasteiger partial charge < -0.3 is 23.8 Å². The summed E-state index contributed by atoms with van der Waals surface area (Å²) in [5, 5.41) is 0. The van der Waals surface area contributed by atoms with Crippen LogP contribution in [0.15, 0.2) is 30.5 Å². The molecule has 0 saturated carbocycles. The van der Waals surface area contributed by atoms with E-state index in [9.17, 15) is 4.79 Å². The Balaban J connectivity index is 1.91. The number of carbonyl (C=O) groups excluding carboxylic acids is 1. The van der Waals surface area contributed by atoms with E-state index in [2.05, 4.69) is 4.98 Å². The number of amides is 1. The first-order valence-electron chi connectivity index (χ1n) is 7.97. The van der Waals surface area contributed by atoms with Crippen molar-refractivity contribution in [2.45, 2.75) is 6.92 Å². The smallest absolute Gasteiger partial charge is 0.276 e. The van der Waals surface area contributed by atoms with Crippen LogP contribution in [0, 0.1) is 0 Å². The molecule has 1 aromatic heterocycles. The second-order valence-corrected chi connectivity index (χ2v) is 5.30. The molecule has 1 aromatic carbocycles. The molecule has 0 fully saturated rings. The highest BCUT2D eigenvalue weighted by molar-refractivity contribution is 6.05. The summed E-state index contributed by atoms with van der Waals surface area (Å²) >= 11 is 0. The van der Waals surface area contributed by atoms with Crippen molar-refractivity contribution in [3.05, 3.63) is 36.2 Å². The van der Waals surface area contributed by atoms with Crippen LogP contribution in [0.25, 0.3) is 0 Å². The average molecular weight is 344 g/mol. The topological polar surface area (TPSA) is 70.1 Å². The maximum Gasteiger partial charge on any atom is 0.276 e. The van der Waals surface area contributed by atoms with Crippen LogP contribution in [-0.4, -0.2) is 44.9 Å². The Labute approximate surface area is 146 Å². The van der Waals surface area contributed by atoms with Crippen molar-refractivity contribution < 1.29 is 23.7 Å². The molecule has 7 nitrogen and oxygen atoms in total. The van der Waals surface area contributed by atoms with Gasteiger partial charge in [-0.25, -0.2) is 4.98 Å². The van der Waals surface area contributed by atoms with E-state index in [1.165, 1.54) is 6.20 Å². The quantitative estimate of drug-likeness (QED) is 0.830. The Hall–Kier alpha value is -2.96. The molecule has 0 radical (unpaired) electrons. The van der Waals surface area contributed by atoms with Gasteiger partial charge in [0, 0.05) is 24.4 Å². The molecule has 0 spiro atoms. The molecule has 1 aliphatic heterocycles. The highest BCUT2D eigenvalue weighted by Crippen LogP contribution is 2.33. The van der Waals surface area contributed by atoms with Crippen molar-refractivity contribution in [3.63, 3.8) is 0 Å². The Morgan fingerprint density at radius 2 is 1.84 bits per heavy atom. The van der Waals surface area contributed by atoms with E-state index in [0.717, 1.165) is 0 Å². The number of methoxy groups -OCH3 is 2. The molecule has 25 heavy (non-hydrogen) atoms. The predicted molar refractivity (Wildman–Crippen MR) is 92.1 cm³/mol. The van der Waals surface area contributed by atoms with Gasteiger partial charge in [-0.2, -0.15) is 0 Å². The zero-order valence-electron chi connectivity index (χ0n) is 14.4. The summed E-state index contributed by atoms with van der Waals surface area (Å²) in [4.78, 5) is 18.7. The van der Waals surface area contributed by atoms with Crippen molar-refractivity contribution in [2.24, 2.45) is 0 Å². The Bertz CT molecular complexity index is 778. The van der Waals surface area contributed by atoms with Gasteiger partial charge in [-0.05, 0) is 19.1 Å². The number of fused-ring (bicyclic) bond motifs is 1. The van der Waals surface area contributed by atoms with Crippen LogP contribution < -0.4 is 23.8 Å². The van der Waals surface area contributed by atoms with Crippen LogP contribution in [0.4, 0.5) is 5.69 Å². The largest absolute Gasteiger partial charge is 0.493 e. The lowest BCUT2D eigenvalue weighted by Crippen LogP contribution is -2.31. The predicted octanol–water partition coefficient (Wildman–Crippen LogP) is 2.54. The maximum atomic E-state index is 12.9. The number of hydrogen-bond acceptors (Lipinski definition) is 6. The molecule has 0 saturated heterocycles. The fourth-order valence-corrected chi connectivity index (χ4v) is 2.64. The molecule has 3 rings (SSSR count). The standard InChI is InChI=1S/C18H20N2O5/c1-4-20(12-5-6-14(22-2)15(9-12)23-3)18(21)13-10-16-17(11-19-13)25-8-7-24-16/h5-6,9-11H,4,7-8H2,1-3H3. The van der Waals surface area contributed by atoms with Gasteiger partial charge in [-0.1, -0.05) is 0 Å². The molecule has 2 aromatic rings. The SMILES string of the molecule is CCN(C(=O)c1cc2c(cn1)OCCO2)c1ccc(OC)c(OC)c1. The van der Waals surface area contributed by atoms with Crippen LogP contribution in [0.2, 0.25) is 0 Å². The third-order valence-electron chi connectivity index (χ3n) is 3.89. The van der Waals surface area contributed by atoms with Crippen molar-refractivity contribution in [1.82, 2.24) is 4.98 Å². The zero-order valence-corrected chi connectivity index (χ0v) is 14.4. The molecule has 0 atom stereocenters. The van der Waals surface area contributed by atoms with Crippen molar-refractivity contribution >= 4 is 11.6 Å². The molecule has 132 valence electrons. The molecule has 2 heterocycles. The third kappa shape index (κ3) is 3.31. The molecule has 7 heteroatoms. The number of pyridine rings is 1. The van der Waals surface area contributed by atoms with E-state index < -0.39 is 0 Å². The van der Waals surface area contributed by atoms with Crippen molar-refractivity contribution in [3.8, 4) is 23.0 Å². The van der Waals surface area contributed by atoms with Crippen LogP contribution in [-0.2, 0) is 0 Å². The number of benzene rings is 1. The fourth-order valence-electron chi connectivity index (χ4n) is 2.64.